The number of nitrogens with zero attached hydrogens (tertiary/aromatic N) is 5. The summed E-state index contributed by atoms with van der Waals surface area (Å²) in [6.45, 7) is 3.19. The summed E-state index contributed by atoms with van der Waals surface area (Å²) in [6.07, 6.45) is 0.866. The molecule has 0 aliphatic rings. The molecule has 10 amide bonds. The van der Waals surface area contributed by atoms with Crippen molar-refractivity contribution in [2.24, 2.45) is 105 Å². The molecule has 0 bridgehead atoms. The lowest BCUT2D eigenvalue weighted by Gasteiger charge is -2.28. The molecule has 0 fully saturated rings. The summed E-state index contributed by atoms with van der Waals surface area (Å²) in [7, 11) is 0. The second kappa shape index (κ2) is 48.7. The number of amides is 10. The second-order valence-corrected chi connectivity index (χ2v) is 21.9. The number of primary amides is 1. The van der Waals surface area contributed by atoms with E-state index in [9.17, 15) is 53.1 Å². The average molecular weight is 1330 g/mol. The van der Waals surface area contributed by atoms with Gasteiger partial charge in [-0.2, -0.15) is 0 Å². The zero-order valence-electron chi connectivity index (χ0n) is 53.7. The van der Waals surface area contributed by atoms with Crippen LogP contribution in [0.5, 0.6) is 0 Å². The fourth-order valence-corrected chi connectivity index (χ4v) is 8.98. The molecule has 0 aliphatic carbocycles. The first-order chi connectivity index (χ1) is 44.0. The average Bonchev–Trinajstić information content (AvgIpc) is 1.00. The number of aliphatic imine (C=N–C) groups is 5. The highest BCUT2D eigenvalue weighted by molar-refractivity contribution is 5.98. The van der Waals surface area contributed by atoms with Crippen molar-refractivity contribution in [2.75, 3.05) is 52.4 Å². The molecule has 39 heteroatoms. The van der Waals surface area contributed by atoms with Gasteiger partial charge in [0.2, 0.25) is 59.1 Å². The standard InChI is InChI=1S/C54H108N28O11/c1-30(83)40(41(58)85)82-49(93)39(21-13-29-73-54(67)68)81-45(89)35(16-5-8-24-57)76-43(87)34(15-4-7-23-56)77-46(90)36(18-10-26-70-51(61)62)79-48(92)38(20-12-28-72-53(65)66)80-47(91)37(19-11-27-71-52(63)64)78-44(88)33(14-3-6-22-55)75-42(86)32(74-31(2)84)17-9-25-69-50(59)60/h30,32-40,83H,3-29,55-57H2,1-2H3,(H2,58,85)(H,74,84)(H,75,86)(H,76,87)(H,77,90)(H,78,88)(H,79,92)(H,80,91)(H,81,89)(H,82,93)(H4,59,60,69)(H4,61,62,70)(H4,63,64,71)(H4,65,66,72)(H4,67,68,73)/t30-,32+,33+,34+,35+,36+,37+,38+,39+,40+/m1/s1. The number of nitrogens with one attached hydrogen (secondary N) is 9. The number of nitrogens with two attached hydrogens (primary N) is 14. The van der Waals surface area contributed by atoms with Crippen molar-refractivity contribution in [1.82, 2.24) is 47.9 Å². The van der Waals surface area contributed by atoms with E-state index in [4.69, 9.17) is 80.3 Å². The Kier molecular flexibility index (Phi) is 43.9. The van der Waals surface area contributed by atoms with Gasteiger partial charge in [0, 0.05) is 39.6 Å². The summed E-state index contributed by atoms with van der Waals surface area (Å²) in [5, 5.41) is 33.8. The lowest BCUT2D eigenvalue weighted by atomic mass is 10.0. The van der Waals surface area contributed by atoms with Gasteiger partial charge in [-0.25, -0.2) is 0 Å². The largest absolute Gasteiger partial charge is 0.391 e. The molecule has 93 heavy (non-hydrogen) atoms. The van der Waals surface area contributed by atoms with Crippen LogP contribution in [0.15, 0.2) is 25.0 Å². The summed E-state index contributed by atoms with van der Waals surface area (Å²) < 4.78 is 0. The SMILES string of the molecule is CC(=O)N[C@@H](CCCN=C(N)N)C(=O)N[C@@H](CCCCN)C(=O)N[C@@H](CCCN=C(N)N)C(=O)N[C@@H](CCCN=C(N)N)C(=O)N[C@@H](CCCN=C(N)N)C(=O)N[C@@H](CCCCN)C(=O)N[C@@H](CCCCN)C(=O)N[C@@H](CCCN=C(N)N)C(=O)N[C@H](C(N)=O)[C@@H](C)O. The third kappa shape index (κ3) is 39.7. The molecule has 0 unspecified atom stereocenters. The summed E-state index contributed by atoms with van der Waals surface area (Å²) in [5.74, 6) is -9.70. The molecule has 0 spiro atoms. The van der Waals surface area contributed by atoms with Crippen molar-refractivity contribution in [1.29, 1.82) is 0 Å². The number of hydrogen-bond acceptors (Lipinski definition) is 19. The first kappa shape index (κ1) is 83.9. The molecule has 0 rings (SSSR count). The van der Waals surface area contributed by atoms with E-state index in [1.54, 1.807) is 0 Å². The Bertz CT molecular complexity index is 2480. The number of hydrogen-bond donors (Lipinski definition) is 24. The fourth-order valence-electron chi connectivity index (χ4n) is 8.98. The monoisotopic (exact) mass is 1320 g/mol. The predicted molar refractivity (Wildman–Crippen MR) is 352 cm³/mol. The van der Waals surface area contributed by atoms with Crippen molar-refractivity contribution in [3.8, 4) is 0 Å². The van der Waals surface area contributed by atoms with Gasteiger partial charge in [-0.1, -0.05) is 0 Å². The smallest absolute Gasteiger partial charge is 0.243 e. The Hall–Kier alpha value is -9.11. The van der Waals surface area contributed by atoms with E-state index in [1.807, 2.05) is 0 Å². The van der Waals surface area contributed by atoms with E-state index in [0.717, 1.165) is 0 Å². The second-order valence-electron chi connectivity index (χ2n) is 21.9. The van der Waals surface area contributed by atoms with Crippen molar-refractivity contribution < 1.29 is 53.1 Å². The van der Waals surface area contributed by atoms with Crippen LogP contribution in [0, 0.1) is 0 Å². The van der Waals surface area contributed by atoms with Crippen LogP contribution in [0.4, 0.5) is 0 Å². The molecule has 0 saturated heterocycles. The number of guanidine groups is 5. The maximum atomic E-state index is 14.7. The van der Waals surface area contributed by atoms with E-state index >= 15 is 0 Å². The van der Waals surface area contributed by atoms with Crippen LogP contribution in [0.2, 0.25) is 0 Å². The molecule has 39 nitrogen and oxygen atoms in total. The van der Waals surface area contributed by atoms with Crippen molar-refractivity contribution in [2.45, 2.75) is 196 Å². The normalized spacial score (nSPS) is 14.0. The van der Waals surface area contributed by atoms with Crippen LogP contribution >= 0.6 is 0 Å². The molecule has 0 aromatic carbocycles. The van der Waals surface area contributed by atoms with Crippen LogP contribution in [-0.2, 0) is 47.9 Å². The quantitative estimate of drug-likeness (QED) is 0.0153. The molecule has 530 valence electrons. The molecule has 0 heterocycles. The van der Waals surface area contributed by atoms with Gasteiger partial charge in [0.1, 0.15) is 54.4 Å². The van der Waals surface area contributed by atoms with Crippen LogP contribution < -0.4 is 128 Å². The first-order valence-electron chi connectivity index (χ1n) is 31.0. The van der Waals surface area contributed by atoms with E-state index in [-0.39, 0.29) is 172 Å². The highest BCUT2D eigenvalue weighted by atomic mass is 16.3. The number of unbranched alkanes of at least 4 members (excludes halogenated alkanes) is 3. The molecular weight excluding hydrogens is 1220 g/mol. The zero-order chi connectivity index (χ0) is 70.4. The summed E-state index contributed by atoms with van der Waals surface area (Å²) in [4.78, 5) is 159. The van der Waals surface area contributed by atoms with E-state index in [1.165, 1.54) is 13.8 Å². The molecule has 38 N–H and O–H groups in total. The van der Waals surface area contributed by atoms with Gasteiger partial charge in [-0.15, -0.1) is 0 Å². The Labute approximate surface area is 542 Å². The van der Waals surface area contributed by atoms with Crippen LogP contribution in [0.25, 0.3) is 0 Å². The van der Waals surface area contributed by atoms with Gasteiger partial charge in [-0.05, 0) is 149 Å². The summed E-state index contributed by atoms with van der Waals surface area (Å²) >= 11 is 0. The van der Waals surface area contributed by atoms with Gasteiger partial charge >= 0.3 is 0 Å². The van der Waals surface area contributed by atoms with E-state index in [0.29, 0.717) is 32.1 Å². The minimum Gasteiger partial charge on any atom is -0.391 e. The molecule has 0 aromatic rings. The third-order valence-corrected chi connectivity index (χ3v) is 13.8. The Morgan fingerprint density at radius 3 is 0.645 bits per heavy atom. The highest BCUT2D eigenvalue weighted by Crippen LogP contribution is 2.13. The molecule has 0 radical (unpaired) electrons. The van der Waals surface area contributed by atoms with Gasteiger partial charge in [0.05, 0.1) is 6.10 Å². The van der Waals surface area contributed by atoms with E-state index < -0.39 is 120 Å². The first-order valence-corrected chi connectivity index (χ1v) is 31.0. The summed E-state index contributed by atoms with van der Waals surface area (Å²) in [5.41, 5.74) is 78.1. The van der Waals surface area contributed by atoms with Crippen molar-refractivity contribution in [3.63, 3.8) is 0 Å². The van der Waals surface area contributed by atoms with Crippen LogP contribution in [0.1, 0.15) is 136 Å². The molecule has 0 saturated carbocycles. The minimum atomic E-state index is -1.54. The van der Waals surface area contributed by atoms with Crippen molar-refractivity contribution >= 4 is 88.9 Å². The van der Waals surface area contributed by atoms with Gasteiger partial charge in [0.15, 0.2) is 29.8 Å². The number of rotatable bonds is 51. The Balaban J connectivity index is 7.52. The molecule has 0 aliphatic heterocycles. The van der Waals surface area contributed by atoms with E-state index in [2.05, 4.69) is 72.8 Å². The zero-order valence-corrected chi connectivity index (χ0v) is 53.7. The fraction of sp³-hybridized carbons (Fsp3) is 0.722. The Morgan fingerprint density at radius 2 is 0.484 bits per heavy atom. The number of carbonyl (C=O) groups excluding carboxylic acids is 10. The molecule has 0 aromatic heterocycles. The molecular formula is C54H108N28O11. The van der Waals surface area contributed by atoms with Gasteiger partial charge in [0.25, 0.3) is 0 Å². The minimum absolute atomic E-state index is 0.00306. The lowest BCUT2D eigenvalue weighted by molar-refractivity contribution is -0.136. The van der Waals surface area contributed by atoms with Gasteiger partial charge < -0.3 is 133 Å². The highest BCUT2D eigenvalue weighted by Gasteiger charge is 2.36. The van der Waals surface area contributed by atoms with Crippen LogP contribution in [0.3, 0.4) is 0 Å². The summed E-state index contributed by atoms with van der Waals surface area (Å²) in [6, 6.07) is -12.5. The molecule has 10 atom stereocenters. The Morgan fingerprint density at radius 1 is 0.301 bits per heavy atom. The maximum Gasteiger partial charge on any atom is 0.243 e. The number of aliphatic hydroxyl groups is 1. The number of aliphatic hydroxyl groups excluding tert-OH is 1. The maximum absolute atomic E-state index is 14.7. The third-order valence-electron chi connectivity index (χ3n) is 13.8. The van der Waals surface area contributed by atoms with Crippen LogP contribution in [-0.4, -0.2) is 207 Å². The predicted octanol–water partition coefficient (Wildman–Crippen LogP) is -10.1. The van der Waals surface area contributed by atoms with Gasteiger partial charge in [-0.3, -0.25) is 72.9 Å². The topological polar surface area (TPSA) is 725 Å². The number of carbonyl (C=O) groups is 10. The van der Waals surface area contributed by atoms with Crippen molar-refractivity contribution in [3.05, 3.63) is 0 Å². The lowest BCUT2D eigenvalue weighted by Crippen LogP contribution is -2.60.